The molecule has 0 saturated heterocycles. The summed E-state index contributed by atoms with van der Waals surface area (Å²) in [7, 11) is 0. The zero-order chi connectivity index (χ0) is 11.7. The zero-order valence-electron chi connectivity index (χ0n) is 9.14. The quantitative estimate of drug-likeness (QED) is 0.813. The third kappa shape index (κ3) is 1.79. The Labute approximate surface area is 92.9 Å². The number of carbonyl (C=O) groups excluding carboxylic acids is 1. The SMILES string of the molecule is Cc1cc(C(N)=O)cc(-n2ccnc2C)n1. The van der Waals surface area contributed by atoms with E-state index in [-0.39, 0.29) is 0 Å². The summed E-state index contributed by atoms with van der Waals surface area (Å²) in [6.07, 6.45) is 3.48. The Morgan fingerprint density at radius 2 is 2.12 bits per heavy atom. The average Bonchev–Trinajstić information content (AvgIpc) is 2.63. The Bertz CT molecular complexity index is 545. The summed E-state index contributed by atoms with van der Waals surface area (Å²) >= 11 is 0. The van der Waals surface area contributed by atoms with Crippen LogP contribution in [-0.2, 0) is 0 Å². The van der Waals surface area contributed by atoms with E-state index in [1.807, 2.05) is 13.8 Å². The number of nitrogens with zero attached hydrogens (tertiary/aromatic N) is 3. The zero-order valence-corrected chi connectivity index (χ0v) is 9.14. The van der Waals surface area contributed by atoms with Crippen molar-refractivity contribution in [2.45, 2.75) is 13.8 Å². The highest BCUT2D eigenvalue weighted by Crippen LogP contribution is 2.11. The molecule has 0 unspecified atom stereocenters. The van der Waals surface area contributed by atoms with E-state index in [0.29, 0.717) is 11.4 Å². The van der Waals surface area contributed by atoms with Crippen LogP contribution in [0, 0.1) is 13.8 Å². The van der Waals surface area contributed by atoms with Gasteiger partial charge in [0.1, 0.15) is 11.6 Å². The summed E-state index contributed by atoms with van der Waals surface area (Å²) in [5.74, 6) is 1.02. The summed E-state index contributed by atoms with van der Waals surface area (Å²) in [6, 6.07) is 3.32. The number of hydrogen-bond acceptors (Lipinski definition) is 3. The molecule has 0 fully saturated rings. The van der Waals surface area contributed by atoms with Gasteiger partial charge in [0.05, 0.1) is 0 Å². The molecule has 82 valence electrons. The Morgan fingerprint density at radius 1 is 1.38 bits per heavy atom. The van der Waals surface area contributed by atoms with Gasteiger partial charge in [-0.05, 0) is 26.0 Å². The lowest BCUT2D eigenvalue weighted by Gasteiger charge is -2.06. The van der Waals surface area contributed by atoms with Gasteiger partial charge in [0, 0.05) is 23.7 Å². The molecule has 1 amide bonds. The average molecular weight is 216 g/mol. The molecule has 5 heteroatoms. The number of carbonyl (C=O) groups is 1. The van der Waals surface area contributed by atoms with E-state index >= 15 is 0 Å². The van der Waals surface area contributed by atoms with Gasteiger partial charge in [-0.25, -0.2) is 9.97 Å². The van der Waals surface area contributed by atoms with Crippen LogP contribution in [0.3, 0.4) is 0 Å². The van der Waals surface area contributed by atoms with E-state index in [4.69, 9.17) is 5.73 Å². The lowest BCUT2D eigenvalue weighted by Crippen LogP contribution is -2.13. The number of hydrogen-bond donors (Lipinski definition) is 1. The molecule has 0 aliphatic carbocycles. The summed E-state index contributed by atoms with van der Waals surface area (Å²) < 4.78 is 1.80. The van der Waals surface area contributed by atoms with Gasteiger partial charge in [0.25, 0.3) is 0 Å². The first-order chi connectivity index (χ1) is 7.58. The molecule has 2 rings (SSSR count). The molecule has 0 aromatic carbocycles. The first-order valence-electron chi connectivity index (χ1n) is 4.87. The standard InChI is InChI=1S/C11H12N4O/c1-7-5-9(11(12)16)6-10(14-7)15-4-3-13-8(15)2/h3-6H,1-2H3,(H2,12,16). The van der Waals surface area contributed by atoms with Gasteiger partial charge in [-0.2, -0.15) is 0 Å². The first-order valence-corrected chi connectivity index (χ1v) is 4.87. The molecule has 5 nitrogen and oxygen atoms in total. The van der Waals surface area contributed by atoms with E-state index in [1.54, 1.807) is 29.1 Å². The molecular weight excluding hydrogens is 204 g/mol. The van der Waals surface area contributed by atoms with Crippen LogP contribution < -0.4 is 5.73 Å². The summed E-state index contributed by atoms with van der Waals surface area (Å²) in [4.78, 5) is 19.6. The van der Waals surface area contributed by atoms with Crippen LogP contribution in [0.1, 0.15) is 21.9 Å². The van der Waals surface area contributed by atoms with Gasteiger partial charge in [-0.15, -0.1) is 0 Å². The third-order valence-electron chi connectivity index (χ3n) is 2.30. The summed E-state index contributed by atoms with van der Waals surface area (Å²) in [5.41, 5.74) is 6.46. The number of amides is 1. The Hall–Kier alpha value is -2.17. The number of rotatable bonds is 2. The van der Waals surface area contributed by atoms with E-state index in [9.17, 15) is 4.79 Å². The maximum absolute atomic E-state index is 11.1. The van der Waals surface area contributed by atoms with Gasteiger partial charge in [-0.1, -0.05) is 0 Å². The maximum Gasteiger partial charge on any atom is 0.248 e. The van der Waals surface area contributed by atoms with Crippen LogP contribution in [0.15, 0.2) is 24.5 Å². The van der Waals surface area contributed by atoms with Crippen LogP contribution in [0.4, 0.5) is 0 Å². The molecule has 0 aliphatic rings. The molecule has 0 atom stereocenters. The molecule has 2 heterocycles. The largest absolute Gasteiger partial charge is 0.366 e. The fourth-order valence-electron chi connectivity index (χ4n) is 1.54. The molecule has 0 spiro atoms. The summed E-state index contributed by atoms with van der Waals surface area (Å²) in [5, 5.41) is 0. The highest BCUT2D eigenvalue weighted by molar-refractivity contribution is 5.93. The van der Waals surface area contributed by atoms with Crippen LogP contribution in [0.5, 0.6) is 0 Å². The second-order valence-electron chi connectivity index (χ2n) is 3.56. The first kappa shape index (κ1) is 10.4. The predicted molar refractivity (Wildman–Crippen MR) is 59.4 cm³/mol. The smallest absolute Gasteiger partial charge is 0.248 e. The molecule has 0 radical (unpaired) electrons. The lowest BCUT2D eigenvalue weighted by atomic mass is 10.2. The Morgan fingerprint density at radius 3 is 2.69 bits per heavy atom. The second kappa shape index (κ2) is 3.77. The Kier molecular flexibility index (Phi) is 2.44. The van der Waals surface area contributed by atoms with Gasteiger partial charge in [0.15, 0.2) is 0 Å². The topological polar surface area (TPSA) is 73.8 Å². The van der Waals surface area contributed by atoms with Crippen LogP contribution in [0.25, 0.3) is 5.82 Å². The molecule has 0 saturated carbocycles. The molecule has 2 aromatic heterocycles. The summed E-state index contributed by atoms with van der Waals surface area (Å²) in [6.45, 7) is 3.69. The number of imidazole rings is 1. The van der Waals surface area contributed by atoms with Gasteiger partial charge in [-0.3, -0.25) is 9.36 Å². The van der Waals surface area contributed by atoms with Crippen LogP contribution in [0.2, 0.25) is 0 Å². The monoisotopic (exact) mass is 216 g/mol. The van der Waals surface area contributed by atoms with Crippen molar-refractivity contribution in [3.05, 3.63) is 41.6 Å². The van der Waals surface area contributed by atoms with Crippen molar-refractivity contribution < 1.29 is 4.79 Å². The normalized spacial score (nSPS) is 10.4. The van der Waals surface area contributed by atoms with E-state index < -0.39 is 5.91 Å². The Balaban J connectivity index is 2.58. The van der Waals surface area contributed by atoms with Gasteiger partial charge in [0.2, 0.25) is 5.91 Å². The fourth-order valence-corrected chi connectivity index (χ4v) is 1.54. The molecule has 16 heavy (non-hydrogen) atoms. The highest BCUT2D eigenvalue weighted by atomic mass is 16.1. The minimum absolute atomic E-state index is 0.454. The van der Waals surface area contributed by atoms with Crippen molar-refractivity contribution in [1.29, 1.82) is 0 Å². The van der Waals surface area contributed by atoms with E-state index in [0.717, 1.165) is 11.5 Å². The lowest BCUT2D eigenvalue weighted by molar-refractivity contribution is 0.1000. The molecule has 2 N–H and O–H groups in total. The van der Waals surface area contributed by atoms with Crippen molar-refractivity contribution in [3.63, 3.8) is 0 Å². The number of primary amides is 1. The van der Waals surface area contributed by atoms with E-state index in [2.05, 4.69) is 9.97 Å². The van der Waals surface area contributed by atoms with Crippen LogP contribution >= 0.6 is 0 Å². The second-order valence-corrected chi connectivity index (χ2v) is 3.56. The van der Waals surface area contributed by atoms with Crippen molar-refractivity contribution in [1.82, 2.24) is 14.5 Å². The van der Waals surface area contributed by atoms with Crippen molar-refractivity contribution in [2.24, 2.45) is 5.73 Å². The fraction of sp³-hybridized carbons (Fsp3) is 0.182. The van der Waals surface area contributed by atoms with Gasteiger partial charge >= 0.3 is 0 Å². The molecule has 0 aliphatic heterocycles. The molecule has 0 bridgehead atoms. The maximum atomic E-state index is 11.1. The third-order valence-corrected chi connectivity index (χ3v) is 2.30. The minimum atomic E-state index is -0.454. The van der Waals surface area contributed by atoms with Gasteiger partial charge < -0.3 is 5.73 Å². The van der Waals surface area contributed by atoms with Crippen molar-refractivity contribution in [2.75, 3.05) is 0 Å². The molecular formula is C11H12N4O. The number of aryl methyl sites for hydroxylation is 2. The van der Waals surface area contributed by atoms with Crippen molar-refractivity contribution in [3.8, 4) is 5.82 Å². The molecule has 2 aromatic rings. The van der Waals surface area contributed by atoms with E-state index in [1.165, 1.54) is 0 Å². The van der Waals surface area contributed by atoms with Crippen molar-refractivity contribution >= 4 is 5.91 Å². The number of pyridine rings is 1. The number of nitrogens with two attached hydrogens (primary N) is 1. The highest BCUT2D eigenvalue weighted by Gasteiger charge is 2.07. The predicted octanol–water partition coefficient (Wildman–Crippen LogP) is 0.983. The van der Waals surface area contributed by atoms with Crippen LogP contribution in [-0.4, -0.2) is 20.4 Å². The minimum Gasteiger partial charge on any atom is -0.366 e. The number of aromatic nitrogens is 3.